The van der Waals surface area contributed by atoms with Gasteiger partial charge < -0.3 is 5.11 Å². The van der Waals surface area contributed by atoms with E-state index in [9.17, 15) is 5.11 Å². The average Bonchev–Trinajstić information content (AvgIpc) is 2.51. The summed E-state index contributed by atoms with van der Waals surface area (Å²) in [6.45, 7) is 2.16. The lowest BCUT2D eigenvalue weighted by atomic mass is 9.86. The minimum Gasteiger partial charge on any atom is -0.389 e. The van der Waals surface area contributed by atoms with Crippen molar-refractivity contribution in [1.29, 1.82) is 0 Å². The van der Waals surface area contributed by atoms with Gasteiger partial charge in [0.1, 0.15) is 0 Å². The number of aliphatic hydroxyl groups is 1. The Bertz CT molecular complexity index is 333. The predicted octanol–water partition coefficient (Wildman–Crippen LogP) is 3.54. The monoisotopic (exact) mass is 268 g/mol. The standard InChI is InChI=1S/C13H17BrO/c1-10-3-2-8-13(10,15)9-11-4-6-12(14)7-5-11/h4-7,10,15H,2-3,8-9H2,1H3. The Morgan fingerprint density at radius 1 is 1.40 bits per heavy atom. The number of hydrogen-bond acceptors (Lipinski definition) is 1. The lowest BCUT2D eigenvalue weighted by Crippen LogP contribution is -2.33. The SMILES string of the molecule is CC1CCCC1(O)Cc1ccc(Br)cc1. The van der Waals surface area contributed by atoms with E-state index in [1.165, 1.54) is 5.56 Å². The van der Waals surface area contributed by atoms with Gasteiger partial charge in [-0.25, -0.2) is 0 Å². The quantitative estimate of drug-likeness (QED) is 0.870. The van der Waals surface area contributed by atoms with Crippen LogP contribution in [-0.4, -0.2) is 10.7 Å². The summed E-state index contributed by atoms with van der Waals surface area (Å²) in [7, 11) is 0. The Labute approximate surface area is 99.6 Å². The molecule has 1 nitrogen and oxygen atoms in total. The smallest absolute Gasteiger partial charge is 0.0713 e. The Morgan fingerprint density at radius 3 is 2.60 bits per heavy atom. The van der Waals surface area contributed by atoms with Crippen LogP contribution in [0.3, 0.4) is 0 Å². The van der Waals surface area contributed by atoms with E-state index in [4.69, 9.17) is 0 Å². The first-order valence-corrected chi connectivity index (χ1v) is 6.36. The molecule has 0 heterocycles. The van der Waals surface area contributed by atoms with Crippen molar-refractivity contribution in [3.8, 4) is 0 Å². The summed E-state index contributed by atoms with van der Waals surface area (Å²) < 4.78 is 1.10. The molecule has 1 aliphatic carbocycles. The molecule has 15 heavy (non-hydrogen) atoms. The first kappa shape index (κ1) is 11.2. The maximum Gasteiger partial charge on any atom is 0.0713 e. The van der Waals surface area contributed by atoms with Gasteiger partial charge in [0.25, 0.3) is 0 Å². The van der Waals surface area contributed by atoms with Crippen molar-refractivity contribution in [1.82, 2.24) is 0 Å². The Balaban J connectivity index is 2.11. The zero-order valence-electron chi connectivity index (χ0n) is 9.04. The van der Waals surface area contributed by atoms with Crippen LogP contribution in [0.1, 0.15) is 31.7 Å². The van der Waals surface area contributed by atoms with Crippen molar-refractivity contribution >= 4 is 15.9 Å². The highest BCUT2D eigenvalue weighted by Gasteiger charge is 2.37. The zero-order valence-corrected chi connectivity index (χ0v) is 10.6. The van der Waals surface area contributed by atoms with Crippen molar-refractivity contribution in [3.05, 3.63) is 34.3 Å². The van der Waals surface area contributed by atoms with Crippen LogP contribution in [0.15, 0.2) is 28.7 Å². The number of rotatable bonds is 2. The van der Waals surface area contributed by atoms with Crippen LogP contribution in [0, 0.1) is 5.92 Å². The van der Waals surface area contributed by atoms with Crippen LogP contribution >= 0.6 is 15.9 Å². The van der Waals surface area contributed by atoms with Crippen LogP contribution in [0.5, 0.6) is 0 Å². The highest BCUT2D eigenvalue weighted by Crippen LogP contribution is 2.37. The summed E-state index contributed by atoms with van der Waals surface area (Å²) in [6, 6.07) is 8.26. The largest absolute Gasteiger partial charge is 0.389 e. The molecule has 0 bridgehead atoms. The molecular weight excluding hydrogens is 252 g/mol. The first-order valence-electron chi connectivity index (χ1n) is 5.57. The van der Waals surface area contributed by atoms with E-state index in [-0.39, 0.29) is 0 Å². The van der Waals surface area contributed by atoms with Crippen molar-refractivity contribution < 1.29 is 5.11 Å². The molecule has 1 saturated carbocycles. The summed E-state index contributed by atoms with van der Waals surface area (Å²) in [5.41, 5.74) is 0.767. The fourth-order valence-corrected chi connectivity index (χ4v) is 2.71. The molecule has 1 N–H and O–H groups in total. The number of hydrogen-bond donors (Lipinski definition) is 1. The van der Waals surface area contributed by atoms with Crippen molar-refractivity contribution in [2.45, 2.75) is 38.2 Å². The molecule has 0 radical (unpaired) electrons. The van der Waals surface area contributed by atoms with E-state index in [0.29, 0.717) is 5.92 Å². The zero-order chi connectivity index (χ0) is 10.9. The summed E-state index contributed by atoms with van der Waals surface area (Å²) in [6.07, 6.45) is 4.06. The highest BCUT2D eigenvalue weighted by atomic mass is 79.9. The molecule has 2 atom stereocenters. The second-order valence-electron chi connectivity index (χ2n) is 4.70. The van der Waals surface area contributed by atoms with Crippen LogP contribution < -0.4 is 0 Å². The minimum atomic E-state index is -0.464. The second kappa shape index (κ2) is 4.26. The summed E-state index contributed by atoms with van der Waals surface area (Å²) in [5, 5.41) is 10.5. The van der Waals surface area contributed by atoms with Gasteiger partial charge in [-0.05, 0) is 36.5 Å². The van der Waals surface area contributed by atoms with Gasteiger partial charge in [0, 0.05) is 10.9 Å². The summed E-state index contributed by atoms with van der Waals surface area (Å²) >= 11 is 3.42. The summed E-state index contributed by atoms with van der Waals surface area (Å²) in [4.78, 5) is 0. The van der Waals surface area contributed by atoms with E-state index in [1.807, 2.05) is 12.1 Å². The van der Waals surface area contributed by atoms with Gasteiger partial charge in [-0.1, -0.05) is 41.4 Å². The topological polar surface area (TPSA) is 20.2 Å². The van der Waals surface area contributed by atoms with Crippen LogP contribution in [0.2, 0.25) is 0 Å². The molecule has 1 fully saturated rings. The van der Waals surface area contributed by atoms with Gasteiger partial charge >= 0.3 is 0 Å². The van der Waals surface area contributed by atoms with Crippen LogP contribution in [-0.2, 0) is 6.42 Å². The molecule has 0 aromatic heterocycles. The Morgan fingerprint density at radius 2 is 2.07 bits per heavy atom. The van der Waals surface area contributed by atoms with Crippen molar-refractivity contribution in [2.24, 2.45) is 5.92 Å². The van der Waals surface area contributed by atoms with Crippen molar-refractivity contribution in [3.63, 3.8) is 0 Å². The third kappa shape index (κ3) is 2.43. The van der Waals surface area contributed by atoms with E-state index < -0.39 is 5.60 Å². The molecule has 1 aromatic carbocycles. The molecule has 0 saturated heterocycles. The summed E-state index contributed by atoms with van der Waals surface area (Å²) in [5.74, 6) is 0.432. The molecule has 0 amide bonds. The van der Waals surface area contributed by atoms with Gasteiger partial charge in [0.05, 0.1) is 5.60 Å². The van der Waals surface area contributed by atoms with E-state index in [0.717, 1.165) is 30.2 Å². The minimum absolute atomic E-state index is 0.432. The lowest BCUT2D eigenvalue weighted by Gasteiger charge is -2.27. The van der Waals surface area contributed by atoms with E-state index >= 15 is 0 Å². The lowest BCUT2D eigenvalue weighted by molar-refractivity contribution is 0.00959. The van der Waals surface area contributed by atoms with Crippen LogP contribution in [0.25, 0.3) is 0 Å². The fourth-order valence-electron chi connectivity index (χ4n) is 2.45. The third-order valence-corrected chi connectivity index (χ3v) is 4.12. The average molecular weight is 269 g/mol. The first-order chi connectivity index (χ1) is 7.10. The predicted molar refractivity (Wildman–Crippen MR) is 65.8 cm³/mol. The molecule has 1 aromatic rings. The third-order valence-electron chi connectivity index (χ3n) is 3.59. The maximum absolute atomic E-state index is 10.5. The molecular formula is C13H17BrO. The second-order valence-corrected chi connectivity index (χ2v) is 5.62. The number of halogens is 1. The maximum atomic E-state index is 10.5. The van der Waals surface area contributed by atoms with E-state index in [1.54, 1.807) is 0 Å². The van der Waals surface area contributed by atoms with Gasteiger partial charge in [-0.3, -0.25) is 0 Å². The van der Waals surface area contributed by atoms with Crippen molar-refractivity contribution in [2.75, 3.05) is 0 Å². The van der Waals surface area contributed by atoms with E-state index in [2.05, 4.69) is 35.0 Å². The Kier molecular flexibility index (Phi) is 3.17. The molecule has 1 aliphatic rings. The fraction of sp³-hybridized carbons (Fsp3) is 0.538. The van der Waals surface area contributed by atoms with Crippen LogP contribution in [0.4, 0.5) is 0 Å². The molecule has 2 unspecified atom stereocenters. The van der Waals surface area contributed by atoms with Gasteiger partial charge in [-0.15, -0.1) is 0 Å². The highest BCUT2D eigenvalue weighted by molar-refractivity contribution is 9.10. The van der Waals surface area contributed by atoms with Gasteiger partial charge in [0.15, 0.2) is 0 Å². The van der Waals surface area contributed by atoms with Gasteiger partial charge in [0.2, 0.25) is 0 Å². The molecule has 2 heteroatoms. The number of benzene rings is 1. The molecule has 2 rings (SSSR count). The molecule has 0 aliphatic heterocycles. The molecule has 0 spiro atoms. The normalized spacial score (nSPS) is 30.7. The Hall–Kier alpha value is -0.340. The molecule has 82 valence electrons. The van der Waals surface area contributed by atoms with Gasteiger partial charge in [-0.2, -0.15) is 0 Å².